The van der Waals surface area contributed by atoms with Crippen LogP contribution in [0.4, 0.5) is 5.69 Å². The highest BCUT2D eigenvalue weighted by Gasteiger charge is 2.20. The number of hydrogen-bond acceptors (Lipinski definition) is 5. The van der Waals surface area contributed by atoms with Crippen LogP contribution in [0, 0.1) is 16.0 Å². The van der Waals surface area contributed by atoms with Gasteiger partial charge in [0.05, 0.1) is 10.2 Å². The Balaban J connectivity index is 2.54. The first-order valence-corrected chi connectivity index (χ1v) is 8.52. The lowest BCUT2D eigenvalue weighted by atomic mass is 10.0. The van der Waals surface area contributed by atoms with Crippen LogP contribution in [0.15, 0.2) is 29.2 Å². The molecule has 0 aliphatic heterocycles. The number of nitro benzene ring substituents is 1. The summed E-state index contributed by atoms with van der Waals surface area (Å²) in [7, 11) is 1.78. The molecular weight excluding hydrogens is 314 g/mol. The summed E-state index contributed by atoms with van der Waals surface area (Å²) in [5, 5.41) is 10.4. The highest BCUT2D eigenvalue weighted by molar-refractivity contribution is 8.00. The monoisotopic (exact) mass is 339 g/mol. The highest BCUT2D eigenvalue weighted by atomic mass is 32.2. The van der Waals surface area contributed by atoms with Crippen LogP contribution >= 0.6 is 11.8 Å². The van der Waals surface area contributed by atoms with E-state index in [-0.39, 0.29) is 22.9 Å². The quantitative estimate of drug-likeness (QED) is 0.447. The van der Waals surface area contributed by atoms with Gasteiger partial charge in [0, 0.05) is 36.7 Å². The number of carbonyl (C=O) groups is 1. The third-order valence-corrected chi connectivity index (χ3v) is 4.84. The lowest BCUT2D eigenvalue weighted by molar-refractivity contribution is -0.384. The summed E-state index contributed by atoms with van der Waals surface area (Å²) in [4.78, 5) is 25.1. The summed E-state index contributed by atoms with van der Waals surface area (Å²) in [5.74, 6) is 0.426. The molecule has 0 bridgehead atoms. The Morgan fingerprint density at radius 3 is 2.35 bits per heavy atom. The van der Waals surface area contributed by atoms with Gasteiger partial charge in [-0.2, -0.15) is 0 Å². The second kappa shape index (κ2) is 8.88. The number of non-ortho nitro benzene ring substituents is 1. The molecule has 1 amide bonds. The summed E-state index contributed by atoms with van der Waals surface area (Å²) in [6.07, 6.45) is 0.773. The van der Waals surface area contributed by atoms with Gasteiger partial charge in [0.1, 0.15) is 0 Å². The first kappa shape index (κ1) is 19.4. The largest absolute Gasteiger partial charge is 0.345 e. The van der Waals surface area contributed by atoms with E-state index < -0.39 is 4.92 Å². The Kier molecular flexibility index (Phi) is 7.51. The fourth-order valence-corrected chi connectivity index (χ4v) is 2.98. The molecule has 1 aromatic carbocycles. The molecule has 0 radical (unpaired) electrons. The molecule has 0 heterocycles. The van der Waals surface area contributed by atoms with Crippen molar-refractivity contribution in [2.24, 2.45) is 11.7 Å². The average Bonchev–Trinajstić information content (AvgIpc) is 2.51. The van der Waals surface area contributed by atoms with Crippen molar-refractivity contribution in [1.82, 2.24) is 4.90 Å². The molecule has 1 rings (SSSR count). The van der Waals surface area contributed by atoms with Crippen LogP contribution in [-0.2, 0) is 4.79 Å². The molecule has 2 unspecified atom stereocenters. The third kappa shape index (κ3) is 6.19. The van der Waals surface area contributed by atoms with E-state index in [1.165, 1.54) is 23.9 Å². The van der Waals surface area contributed by atoms with Gasteiger partial charge < -0.3 is 10.6 Å². The van der Waals surface area contributed by atoms with Crippen molar-refractivity contribution >= 4 is 23.4 Å². The van der Waals surface area contributed by atoms with Crippen molar-refractivity contribution in [3.05, 3.63) is 34.4 Å². The summed E-state index contributed by atoms with van der Waals surface area (Å²) in [6.45, 7) is 6.61. The summed E-state index contributed by atoms with van der Waals surface area (Å²) >= 11 is 1.40. The van der Waals surface area contributed by atoms with E-state index in [4.69, 9.17) is 5.73 Å². The minimum atomic E-state index is -0.436. The number of amides is 1. The fraction of sp³-hybridized carbons (Fsp3) is 0.562. The molecule has 2 N–H and O–H groups in total. The van der Waals surface area contributed by atoms with Crippen LogP contribution in [0.3, 0.4) is 0 Å². The second-order valence-electron chi connectivity index (χ2n) is 5.97. The maximum Gasteiger partial charge on any atom is 0.269 e. The molecule has 0 spiro atoms. The number of nitro groups is 1. The van der Waals surface area contributed by atoms with E-state index in [1.54, 1.807) is 24.1 Å². The smallest absolute Gasteiger partial charge is 0.269 e. The van der Waals surface area contributed by atoms with Crippen molar-refractivity contribution in [1.29, 1.82) is 0 Å². The van der Waals surface area contributed by atoms with E-state index in [1.807, 2.05) is 6.92 Å². The van der Waals surface area contributed by atoms with Gasteiger partial charge in [0.15, 0.2) is 0 Å². The van der Waals surface area contributed by atoms with Gasteiger partial charge in [-0.15, -0.1) is 11.8 Å². The van der Waals surface area contributed by atoms with Crippen molar-refractivity contribution in [2.75, 3.05) is 13.6 Å². The van der Waals surface area contributed by atoms with E-state index in [0.717, 1.165) is 11.3 Å². The van der Waals surface area contributed by atoms with Crippen molar-refractivity contribution < 1.29 is 9.72 Å². The van der Waals surface area contributed by atoms with Crippen molar-refractivity contribution in [3.8, 4) is 0 Å². The Labute approximate surface area is 141 Å². The van der Waals surface area contributed by atoms with Crippen LogP contribution in [0.1, 0.15) is 27.2 Å². The standard InChI is InChI=1S/C16H25N3O3S/c1-11(2)15(17)9-10-18(4)16(20)12(3)23-14-7-5-13(6-8-14)19(21)22/h5-8,11-12,15H,9-10,17H2,1-4H3. The van der Waals surface area contributed by atoms with Gasteiger partial charge in [0.25, 0.3) is 5.69 Å². The normalized spacial score (nSPS) is 13.7. The van der Waals surface area contributed by atoms with E-state index in [2.05, 4.69) is 13.8 Å². The highest BCUT2D eigenvalue weighted by Crippen LogP contribution is 2.26. The van der Waals surface area contributed by atoms with Gasteiger partial charge >= 0.3 is 0 Å². The Morgan fingerprint density at radius 2 is 1.87 bits per heavy atom. The summed E-state index contributed by atoms with van der Waals surface area (Å²) in [6, 6.07) is 6.32. The van der Waals surface area contributed by atoms with Crippen LogP contribution in [0.25, 0.3) is 0 Å². The number of nitrogens with two attached hydrogens (primary N) is 1. The van der Waals surface area contributed by atoms with Crippen molar-refractivity contribution in [3.63, 3.8) is 0 Å². The van der Waals surface area contributed by atoms with E-state index in [9.17, 15) is 14.9 Å². The Morgan fingerprint density at radius 1 is 1.30 bits per heavy atom. The summed E-state index contributed by atoms with van der Waals surface area (Å²) < 4.78 is 0. The van der Waals surface area contributed by atoms with Crippen LogP contribution < -0.4 is 5.73 Å². The van der Waals surface area contributed by atoms with Gasteiger partial charge in [0.2, 0.25) is 5.91 Å². The minimum absolute atomic E-state index is 0.0318. The molecule has 0 saturated heterocycles. The molecule has 0 aliphatic carbocycles. The maximum absolute atomic E-state index is 12.4. The number of hydrogen-bond donors (Lipinski definition) is 1. The molecule has 0 saturated carbocycles. The van der Waals surface area contributed by atoms with Gasteiger partial charge in [-0.25, -0.2) is 0 Å². The Bertz CT molecular complexity index is 534. The average molecular weight is 339 g/mol. The number of carbonyl (C=O) groups excluding carboxylic acids is 1. The number of benzene rings is 1. The molecular formula is C16H25N3O3S. The number of rotatable bonds is 8. The third-order valence-electron chi connectivity index (χ3n) is 3.74. The molecule has 6 nitrogen and oxygen atoms in total. The zero-order chi connectivity index (χ0) is 17.6. The van der Waals surface area contributed by atoms with Crippen LogP contribution in [-0.4, -0.2) is 40.6 Å². The molecule has 128 valence electrons. The maximum atomic E-state index is 12.4. The predicted octanol–water partition coefficient (Wildman–Crippen LogP) is 2.91. The molecule has 0 fully saturated rings. The molecule has 7 heteroatoms. The first-order valence-electron chi connectivity index (χ1n) is 7.64. The number of nitrogens with zero attached hydrogens (tertiary/aromatic N) is 2. The van der Waals surface area contributed by atoms with Gasteiger partial charge in [-0.3, -0.25) is 14.9 Å². The lowest BCUT2D eigenvalue weighted by Crippen LogP contribution is -2.37. The molecule has 1 aromatic rings. The molecule has 23 heavy (non-hydrogen) atoms. The molecule has 0 aliphatic rings. The van der Waals surface area contributed by atoms with Crippen LogP contribution in [0.2, 0.25) is 0 Å². The molecule has 0 aromatic heterocycles. The zero-order valence-corrected chi connectivity index (χ0v) is 14.9. The number of thioether (sulfide) groups is 1. The Hall–Kier alpha value is -1.60. The lowest BCUT2D eigenvalue weighted by Gasteiger charge is -2.24. The topological polar surface area (TPSA) is 89.5 Å². The predicted molar refractivity (Wildman–Crippen MR) is 93.5 cm³/mol. The minimum Gasteiger partial charge on any atom is -0.345 e. The van der Waals surface area contributed by atoms with Gasteiger partial charge in [-0.1, -0.05) is 13.8 Å². The molecule has 2 atom stereocenters. The second-order valence-corrected chi connectivity index (χ2v) is 7.38. The van der Waals surface area contributed by atoms with E-state index >= 15 is 0 Å². The zero-order valence-electron chi connectivity index (χ0n) is 14.1. The summed E-state index contributed by atoms with van der Waals surface area (Å²) in [5.41, 5.74) is 6.05. The fourth-order valence-electron chi connectivity index (χ4n) is 2.00. The van der Waals surface area contributed by atoms with Crippen LogP contribution in [0.5, 0.6) is 0 Å². The van der Waals surface area contributed by atoms with Crippen molar-refractivity contribution in [2.45, 2.75) is 43.4 Å². The first-order chi connectivity index (χ1) is 10.7. The van der Waals surface area contributed by atoms with Gasteiger partial charge in [-0.05, 0) is 31.4 Å². The SMILES string of the molecule is CC(Sc1ccc([N+](=O)[O-])cc1)C(=O)N(C)CCC(N)C(C)C. The van der Waals surface area contributed by atoms with E-state index in [0.29, 0.717) is 12.5 Å².